The summed E-state index contributed by atoms with van der Waals surface area (Å²) in [6.07, 6.45) is 0.750. The topological polar surface area (TPSA) is 37.3 Å². The highest BCUT2D eigenvalue weighted by Gasteiger charge is 2.17. The van der Waals surface area contributed by atoms with E-state index in [4.69, 9.17) is 27.7 Å². The van der Waals surface area contributed by atoms with Crippen LogP contribution in [0, 0.1) is 0 Å². The van der Waals surface area contributed by atoms with Crippen molar-refractivity contribution in [3.8, 4) is 0 Å². The zero-order valence-corrected chi connectivity index (χ0v) is 10.6. The van der Waals surface area contributed by atoms with Crippen LogP contribution in [0.4, 0.5) is 0 Å². The van der Waals surface area contributed by atoms with E-state index in [9.17, 15) is 4.57 Å². The van der Waals surface area contributed by atoms with Crippen molar-refractivity contribution >= 4 is 40.1 Å². The first-order valence-electron chi connectivity index (χ1n) is 3.93. The molecule has 2 nitrogen and oxygen atoms in total. The lowest BCUT2D eigenvalue weighted by Crippen LogP contribution is -1.84. The molecule has 1 aromatic carbocycles. The van der Waals surface area contributed by atoms with Crippen LogP contribution in [0.2, 0.25) is 5.02 Å². The standard InChI is InChI=1S/C8H9Cl2O2PS/c1-2-6-5-7(9)3-4-8(6)14-13(10,11)12/h3-5H,2H2,1H3,(H,11,12). The molecule has 1 aromatic rings. The van der Waals surface area contributed by atoms with Gasteiger partial charge in [0.2, 0.25) is 0 Å². The summed E-state index contributed by atoms with van der Waals surface area (Å²) in [7, 11) is 0. The van der Waals surface area contributed by atoms with Gasteiger partial charge in [-0.3, -0.25) is 4.57 Å². The number of rotatable bonds is 3. The zero-order valence-electron chi connectivity index (χ0n) is 7.41. The van der Waals surface area contributed by atoms with Crippen LogP contribution in [0.1, 0.15) is 12.5 Å². The molecule has 0 heterocycles. The molecule has 1 N–H and O–H groups in total. The highest BCUT2D eigenvalue weighted by Crippen LogP contribution is 2.63. The van der Waals surface area contributed by atoms with Crippen LogP contribution < -0.4 is 0 Å². The van der Waals surface area contributed by atoms with Gasteiger partial charge in [-0.15, -0.1) is 0 Å². The highest BCUT2D eigenvalue weighted by molar-refractivity contribution is 8.63. The molecule has 0 saturated carbocycles. The summed E-state index contributed by atoms with van der Waals surface area (Å²) >= 11 is 11.8. The second kappa shape index (κ2) is 4.91. The Hall–Kier alpha value is 0.340. The Kier molecular flexibility index (Phi) is 4.35. The minimum absolute atomic E-state index is 0.619. The Morgan fingerprint density at radius 1 is 1.57 bits per heavy atom. The van der Waals surface area contributed by atoms with E-state index in [2.05, 4.69) is 0 Å². The highest BCUT2D eigenvalue weighted by atomic mass is 35.7. The van der Waals surface area contributed by atoms with Crippen molar-refractivity contribution in [2.45, 2.75) is 18.2 Å². The Morgan fingerprint density at radius 2 is 2.21 bits per heavy atom. The minimum Gasteiger partial charge on any atom is -0.325 e. The summed E-state index contributed by atoms with van der Waals surface area (Å²) in [5.74, 6) is -3.60. The molecule has 1 atom stereocenters. The molecule has 6 heteroatoms. The molecule has 0 aliphatic rings. The van der Waals surface area contributed by atoms with Crippen LogP contribution >= 0.6 is 40.1 Å². The molecule has 0 spiro atoms. The van der Waals surface area contributed by atoms with Gasteiger partial charge < -0.3 is 4.89 Å². The first kappa shape index (κ1) is 12.4. The average Bonchev–Trinajstić information content (AvgIpc) is 2.06. The SMILES string of the molecule is CCc1cc(Cl)ccc1SP(=O)(O)Cl. The lowest BCUT2D eigenvalue weighted by molar-refractivity contribution is 0.513. The lowest BCUT2D eigenvalue weighted by atomic mass is 10.2. The third-order valence-corrected chi connectivity index (χ3v) is 4.56. The predicted molar refractivity (Wildman–Crippen MR) is 62.4 cm³/mol. The second-order valence-corrected chi connectivity index (χ2v) is 8.62. The third-order valence-electron chi connectivity index (χ3n) is 1.61. The van der Waals surface area contributed by atoms with Crippen LogP contribution in [0.5, 0.6) is 0 Å². The molecule has 14 heavy (non-hydrogen) atoms. The Bertz CT molecular complexity index is 378. The Labute approximate surface area is 96.6 Å². The van der Waals surface area contributed by atoms with E-state index in [1.54, 1.807) is 18.2 Å². The van der Waals surface area contributed by atoms with Crippen molar-refractivity contribution in [1.29, 1.82) is 0 Å². The van der Waals surface area contributed by atoms with Crippen molar-refractivity contribution in [2.24, 2.45) is 0 Å². The van der Waals surface area contributed by atoms with Gasteiger partial charge in [-0.05, 0) is 52.8 Å². The lowest BCUT2D eigenvalue weighted by Gasteiger charge is -2.07. The summed E-state index contributed by atoms with van der Waals surface area (Å²) in [5, 5.41) is 0.619. The zero-order chi connectivity index (χ0) is 10.8. The minimum atomic E-state index is -3.60. The quantitative estimate of drug-likeness (QED) is 0.831. The van der Waals surface area contributed by atoms with Crippen LogP contribution in [0.15, 0.2) is 23.1 Å². The number of hydrogen-bond donors (Lipinski definition) is 1. The number of hydrogen-bond acceptors (Lipinski definition) is 2. The van der Waals surface area contributed by atoms with Crippen molar-refractivity contribution in [3.05, 3.63) is 28.8 Å². The maximum absolute atomic E-state index is 11.0. The molecule has 78 valence electrons. The first-order valence-corrected chi connectivity index (χ1v) is 8.29. The molecule has 0 aliphatic heterocycles. The maximum Gasteiger partial charge on any atom is 0.348 e. The fraction of sp³-hybridized carbons (Fsp3) is 0.250. The Morgan fingerprint density at radius 3 is 2.71 bits per heavy atom. The summed E-state index contributed by atoms with van der Waals surface area (Å²) in [5.41, 5.74) is 0.928. The number of benzene rings is 1. The molecule has 0 saturated heterocycles. The summed E-state index contributed by atoms with van der Waals surface area (Å²) in [4.78, 5) is 9.72. The molecular weight excluding hydrogens is 262 g/mol. The first-order chi connectivity index (χ1) is 6.42. The number of aryl methyl sites for hydroxylation is 1. The van der Waals surface area contributed by atoms with Gasteiger partial charge in [-0.25, -0.2) is 0 Å². The molecule has 0 bridgehead atoms. The van der Waals surface area contributed by atoms with E-state index < -0.39 is 5.92 Å². The molecule has 0 radical (unpaired) electrons. The van der Waals surface area contributed by atoms with Crippen molar-refractivity contribution < 1.29 is 9.46 Å². The molecule has 0 aromatic heterocycles. The summed E-state index contributed by atoms with van der Waals surface area (Å²) in [6, 6.07) is 5.16. The molecule has 0 amide bonds. The van der Waals surface area contributed by atoms with Gasteiger partial charge in [-0.1, -0.05) is 18.5 Å². The van der Waals surface area contributed by atoms with Crippen LogP contribution in [0.3, 0.4) is 0 Å². The van der Waals surface area contributed by atoms with Crippen LogP contribution in [-0.4, -0.2) is 4.89 Å². The van der Waals surface area contributed by atoms with Gasteiger partial charge in [-0.2, -0.15) is 0 Å². The summed E-state index contributed by atoms with van der Waals surface area (Å²) in [6.45, 7) is 1.95. The smallest absolute Gasteiger partial charge is 0.325 e. The average molecular weight is 271 g/mol. The molecule has 1 unspecified atom stereocenters. The van der Waals surface area contributed by atoms with E-state index >= 15 is 0 Å². The Balaban J connectivity index is 3.03. The monoisotopic (exact) mass is 270 g/mol. The van der Waals surface area contributed by atoms with E-state index in [0.717, 1.165) is 23.4 Å². The molecular formula is C8H9Cl2O2PS. The molecule has 1 rings (SSSR count). The van der Waals surface area contributed by atoms with Crippen LogP contribution in [-0.2, 0) is 11.0 Å². The van der Waals surface area contributed by atoms with Gasteiger partial charge in [0.25, 0.3) is 0 Å². The van der Waals surface area contributed by atoms with Gasteiger partial charge in [0.05, 0.1) is 0 Å². The largest absolute Gasteiger partial charge is 0.348 e. The predicted octanol–water partition coefficient (Wildman–Crippen LogP) is 4.33. The molecule has 0 aliphatic carbocycles. The summed E-state index contributed by atoms with van der Waals surface area (Å²) < 4.78 is 11.0. The van der Waals surface area contributed by atoms with Crippen LogP contribution in [0.25, 0.3) is 0 Å². The van der Waals surface area contributed by atoms with Crippen molar-refractivity contribution in [3.63, 3.8) is 0 Å². The fourth-order valence-electron chi connectivity index (χ4n) is 1.03. The van der Waals surface area contributed by atoms with Gasteiger partial charge in [0.1, 0.15) is 0 Å². The van der Waals surface area contributed by atoms with Crippen molar-refractivity contribution in [1.82, 2.24) is 0 Å². The number of halogens is 2. The van der Waals surface area contributed by atoms with E-state index in [-0.39, 0.29) is 0 Å². The van der Waals surface area contributed by atoms with Crippen molar-refractivity contribution in [2.75, 3.05) is 0 Å². The van der Waals surface area contributed by atoms with E-state index in [0.29, 0.717) is 9.92 Å². The van der Waals surface area contributed by atoms with E-state index in [1.165, 1.54) is 0 Å². The normalized spacial score (nSPS) is 15.1. The van der Waals surface area contributed by atoms with Gasteiger partial charge in [0, 0.05) is 9.92 Å². The van der Waals surface area contributed by atoms with Gasteiger partial charge in [0.15, 0.2) is 0 Å². The van der Waals surface area contributed by atoms with Gasteiger partial charge >= 0.3 is 5.92 Å². The third kappa shape index (κ3) is 3.84. The maximum atomic E-state index is 11.0. The van der Waals surface area contributed by atoms with E-state index in [1.807, 2.05) is 6.92 Å². The fourth-order valence-corrected chi connectivity index (χ4v) is 3.85. The second-order valence-electron chi connectivity index (χ2n) is 2.65. The molecule has 0 fully saturated rings.